The summed E-state index contributed by atoms with van der Waals surface area (Å²) >= 11 is 0. The standard InChI is InChI=1S/C21H24N2O4/c1-27-13-20(26)22-10-17-21(18(12-24)23(17)19(25)11-22)16-8-6-15(7-9-16)5-4-14-2-3-14/h6-9,14,17-18,21,24H,2-3,10-13H2,1H3/t17-,18+,21+/m1/s1. The molecule has 1 aromatic carbocycles. The Bertz CT molecular complexity index is 791. The van der Waals surface area contributed by atoms with E-state index in [1.165, 1.54) is 20.0 Å². The highest BCUT2D eigenvalue weighted by atomic mass is 16.5. The van der Waals surface area contributed by atoms with Gasteiger partial charge in [-0.15, -0.1) is 0 Å². The summed E-state index contributed by atoms with van der Waals surface area (Å²) in [6.45, 7) is 0.417. The fourth-order valence-corrected chi connectivity index (χ4v) is 4.11. The number of rotatable bonds is 4. The molecule has 6 nitrogen and oxygen atoms in total. The number of carbonyl (C=O) groups is 2. The number of fused-ring (bicyclic) bond motifs is 1. The molecule has 3 aliphatic rings. The number of nitrogens with zero attached hydrogens (tertiary/aromatic N) is 2. The van der Waals surface area contributed by atoms with E-state index >= 15 is 0 Å². The van der Waals surface area contributed by atoms with Crippen molar-refractivity contribution in [1.29, 1.82) is 0 Å². The normalized spacial score (nSPS) is 26.7. The molecule has 0 bridgehead atoms. The van der Waals surface area contributed by atoms with Crippen LogP contribution in [-0.2, 0) is 14.3 Å². The van der Waals surface area contributed by atoms with Crippen molar-refractivity contribution < 1.29 is 19.4 Å². The first-order valence-corrected chi connectivity index (χ1v) is 9.42. The Morgan fingerprint density at radius 1 is 1.30 bits per heavy atom. The summed E-state index contributed by atoms with van der Waals surface area (Å²) in [6.07, 6.45) is 2.41. The van der Waals surface area contributed by atoms with E-state index in [1.807, 2.05) is 24.3 Å². The molecule has 142 valence electrons. The molecule has 4 rings (SSSR count). The fraction of sp³-hybridized carbons (Fsp3) is 0.524. The zero-order chi connectivity index (χ0) is 19.0. The number of piperazine rings is 1. The molecule has 1 saturated carbocycles. The van der Waals surface area contributed by atoms with Crippen LogP contribution in [0.15, 0.2) is 24.3 Å². The maximum absolute atomic E-state index is 12.5. The minimum Gasteiger partial charge on any atom is -0.394 e. The molecular weight excluding hydrogens is 344 g/mol. The van der Waals surface area contributed by atoms with Gasteiger partial charge < -0.3 is 19.6 Å². The Morgan fingerprint density at radius 2 is 2.04 bits per heavy atom. The SMILES string of the molecule is COCC(=O)N1CC(=O)N2[C@H](C1)[C@H](c1ccc(C#CC3CC3)cc1)[C@@H]2CO. The van der Waals surface area contributed by atoms with Crippen LogP contribution in [0.2, 0.25) is 0 Å². The lowest BCUT2D eigenvalue weighted by Gasteiger charge is -2.58. The van der Waals surface area contributed by atoms with Crippen molar-refractivity contribution in [3.05, 3.63) is 35.4 Å². The smallest absolute Gasteiger partial charge is 0.249 e. The summed E-state index contributed by atoms with van der Waals surface area (Å²) in [5.41, 5.74) is 2.06. The highest BCUT2D eigenvalue weighted by Crippen LogP contribution is 2.42. The van der Waals surface area contributed by atoms with Gasteiger partial charge in [-0.3, -0.25) is 9.59 Å². The molecule has 1 aliphatic carbocycles. The van der Waals surface area contributed by atoms with Crippen LogP contribution in [0, 0.1) is 17.8 Å². The molecule has 2 saturated heterocycles. The van der Waals surface area contributed by atoms with Gasteiger partial charge in [0.1, 0.15) is 6.61 Å². The zero-order valence-electron chi connectivity index (χ0n) is 15.4. The number of aliphatic hydroxyl groups is 1. The predicted octanol–water partition coefficient (Wildman–Crippen LogP) is 0.592. The first-order valence-electron chi connectivity index (χ1n) is 9.42. The zero-order valence-corrected chi connectivity index (χ0v) is 15.4. The third kappa shape index (κ3) is 3.45. The van der Waals surface area contributed by atoms with Crippen molar-refractivity contribution in [1.82, 2.24) is 9.80 Å². The number of ether oxygens (including phenoxy) is 1. The molecule has 1 N–H and O–H groups in total. The lowest BCUT2D eigenvalue weighted by atomic mass is 9.73. The van der Waals surface area contributed by atoms with Crippen molar-refractivity contribution >= 4 is 11.8 Å². The van der Waals surface area contributed by atoms with E-state index in [1.54, 1.807) is 9.80 Å². The summed E-state index contributed by atoms with van der Waals surface area (Å²) in [5.74, 6) is 6.74. The van der Waals surface area contributed by atoms with Gasteiger partial charge in [-0.2, -0.15) is 0 Å². The van der Waals surface area contributed by atoms with Gasteiger partial charge in [0.15, 0.2) is 0 Å². The summed E-state index contributed by atoms with van der Waals surface area (Å²) in [5, 5.41) is 9.82. The molecule has 2 heterocycles. The van der Waals surface area contributed by atoms with Gasteiger partial charge in [-0.25, -0.2) is 0 Å². The fourth-order valence-electron chi connectivity index (χ4n) is 4.11. The van der Waals surface area contributed by atoms with Crippen LogP contribution >= 0.6 is 0 Å². The quantitative estimate of drug-likeness (QED) is 0.790. The Morgan fingerprint density at radius 3 is 2.67 bits per heavy atom. The molecule has 6 heteroatoms. The van der Waals surface area contributed by atoms with Crippen molar-refractivity contribution in [2.75, 3.05) is 33.4 Å². The number of benzene rings is 1. The van der Waals surface area contributed by atoms with Crippen LogP contribution in [0.3, 0.4) is 0 Å². The average Bonchev–Trinajstić information content (AvgIpc) is 3.47. The second-order valence-corrected chi connectivity index (χ2v) is 7.52. The van der Waals surface area contributed by atoms with Gasteiger partial charge in [0.05, 0.1) is 25.2 Å². The lowest BCUT2D eigenvalue weighted by molar-refractivity contribution is -0.168. The Balaban J connectivity index is 1.52. The molecule has 0 aromatic heterocycles. The number of aliphatic hydroxyl groups excluding tert-OH is 1. The van der Waals surface area contributed by atoms with Crippen molar-refractivity contribution in [3.63, 3.8) is 0 Å². The predicted molar refractivity (Wildman–Crippen MR) is 98.7 cm³/mol. The van der Waals surface area contributed by atoms with Crippen LogP contribution in [0.25, 0.3) is 0 Å². The highest BCUT2D eigenvalue weighted by Gasteiger charge is 2.54. The van der Waals surface area contributed by atoms with Crippen molar-refractivity contribution in [2.45, 2.75) is 30.8 Å². The second-order valence-electron chi connectivity index (χ2n) is 7.52. The van der Waals surface area contributed by atoms with E-state index in [4.69, 9.17) is 4.74 Å². The van der Waals surface area contributed by atoms with E-state index in [0.29, 0.717) is 12.5 Å². The van der Waals surface area contributed by atoms with E-state index in [0.717, 1.165) is 11.1 Å². The summed E-state index contributed by atoms with van der Waals surface area (Å²) in [4.78, 5) is 27.9. The topological polar surface area (TPSA) is 70.1 Å². The average molecular weight is 368 g/mol. The summed E-state index contributed by atoms with van der Waals surface area (Å²) in [6, 6.07) is 7.73. The Hall–Kier alpha value is -2.36. The van der Waals surface area contributed by atoms with E-state index in [2.05, 4.69) is 11.8 Å². The molecule has 2 aliphatic heterocycles. The van der Waals surface area contributed by atoms with Gasteiger partial charge >= 0.3 is 0 Å². The number of carbonyl (C=O) groups excluding carboxylic acids is 2. The number of methoxy groups -OCH3 is 1. The van der Waals surface area contributed by atoms with Gasteiger partial charge in [0, 0.05) is 31.1 Å². The van der Waals surface area contributed by atoms with Crippen LogP contribution in [0.5, 0.6) is 0 Å². The Labute approximate surface area is 159 Å². The van der Waals surface area contributed by atoms with Crippen LogP contribution in [0.4, 0.5) is 0 Å². The maximum atomic E-state index is 12.5. The summed E-state index contributed by atoms with van der Waals surface area (Å²) < 4.78 is 4.91. The molecular formula is C21H24N2O4. The monoisotopic (exact) mass is 368 g/mol. The van der Waals surface area contributed by atoms with Crippen molar-refractivity contribution in [3.8, 4) is 11.8 Å². The molecule has 0 spiro atoms. The number of hydrogen-bond acceptors (Lipinski definition) is 4. The van der Waals surface area contributed by atoms with E-state index in [9.17, 15) is 14.7 Å². The molecule has 3 atom stereocenters. The van der Waals surface area contributed by atoms with Crippen LogP contribution in [0.1, 0.15) is 29.9 Å². The third-order valence-electron chi connectivity index (χ3n) is 5.67. The van der Waals surface area contributed by atoms with Gasteiger partial charge in [-0.1, -0.05) is 24.0 Å². The third-order valence-corrected chi connectivity index (χ3v) is 5.67. The first kappa shape index (κ1) is 18.0. The van der Waals surface area contributed by atoms with Crippen molar-refractivity contribution in [2.24, 2.45) is 5.92 Å². The molecule has 27 heavy (non-hydrogen) atoms. The molecule has 3 fully saturated rings. The molecule has 0 radical (unpaired) electrons. The first-order chi connectivity index (χ1) is 13.1. The van der Waals surface area contributed by atoms with Gasteiger partial charge in [0.2, 0.25) is 11.8 Å². The highest BCUT2D eigenvalue weighted by molar-refractivity contribution is 5.88. The molecule has 0 unspecified atom stereocenters. The van der Waals surface area contributed by atoms with Gasteiger partial charge in [0.25, 0.3) is 0 Å². The number of hydrogen-bond donors (Lipinski definition) is 1. The van der Waals surface area contributed by atoms with Crippen LogP contribution in [-0.4, -0.2) is 72.2 Å². The number of amides is 2. The summed E-state index contributed by atoms with van der Waals surface area (Å²) in [7, 11) is 1.47. The molecule has 1 aromatic rings. The minimum atomic E-state index is -0.231. The minimum absolute atomic E-state index is 0.0162. The maximum Gasteiger partial charge on any atom is 0.249 e. The second kappa shape index (κ2) is 7.34. The van der Waals surface area contributed by atoms with E-state index in [-0.39, 0.29) is 49.6 Å². The van der Waals surface area contributed by atoms with E-state index < -0.39 is 0 Å². The lowest BCUT2D eigenvalue weighted by Crippen LogP contribution is -2.73. The largest absolute Gasteiger partial charge is 0.394 e. The van der Waals surface area contributed by atoms with Crippen LogP contribution < -0.4 is 0 Å². The van der Waals surface area contributed by atoms with Gasteiger partial charge in [-0.05, 0) is 30.5 Å². The Kier molecular flexibility index (Phi) is 4.90. The molecule has 2 amide bonds.